The second-order valence-electron chi connectivity index (χ2n) is 4.94. The smallest absolute Gasteiger partial charge is 0.181 e. The molecule has 7 nitrogen and oxygen atoms in total. The van der Waals surface area contributed by atoms with Crippen molar-refractivity contribution < 1.29 is 9.15 Å². The fourth-order valence-electron chi connectivity index (χ4n) is 2.02. The van der Waals surface area contributed by atoms with Crippen LogP contribution in [0.1, 0.15) is 22.7 Å². The molecule has 114 valence electrons. The Morgan fingerprint density at radius 3 is 2.86 bits per heavy atom. The van der Waals surface area contributed by atoms with Crippen molar-refractivity contribution >= 4 is 0 Å². The van der Waals surface area contributed by atoms with Gasteiger partial charge >= 0.3 is 0 Å². The molecule has 0 radical (unpaired) electrons. The summed E-state index contributed by atoms with van der Waals surface area (Å²) in [5.74, 6) is 1.47. The van der Waals surface area contributed by atoms with Crippen LogP contribution in [-0.4, -0.2) is 20.0 Å². The van der Waals surface area contributed by atoms with Crippen LogP contribution in [0.5, 0.6) is 5.75 Å². The molecule has 0 spiro atoms. The summed E-state index contributed by atoms with van der Waals surface area (Å²) in [5, 5.41) is 8.14. The van der Waals surface area contributed by atoms with Gasteiger partial charge in [0, 0.05) is 0 Å². The zero-order valence-corrected chi connectivity index (χ0v) is 12.3. The Hall–Kier alpha value is -2.67. The second-order valence-corrected chi connectivity index (χ2v) is 4.94. The third-order valence-corrected chi connectivity index (χ3v) is 3.22. The van der Waals surface area contributed by atoms with Gasteiger partial charge in [0.1, 0.15) is 29.5 Å². The van der Waals surface area contributed by atoms with Crippen molar-refractivity contribution in [3.05, 3.63) is 59.6 Å². The first-order chi connectivity index (χ1) is 10.7. The van der Waals surface area contributed by atoms with Crippen molar-refractivity contribution in [2.75, 3.05) is 0 Å². The summed E-state index contributed by atoms with van der Waals surface area (Å²) in [6.45, 7) is 3.19. The van der Waals surface area contributed by atoms with E-state index >= 15 is 0 Å². The number of hydrogen-bond donors (Lipinski definition) is 1. The van der Waals surface area contributed by atoms with E-state index in [0.717, 1.165) is 17.1 Å². The van der Waals surface area contributed by atoms with Crippen molar-refractivity contribution in [1.82, 2.24) is 20.0 Å². The van der Waals surface area contributed by atoms with Crippen LogP contribution < -0.4 is 10.5 Å². The molecule has 0 aliphatic carbocycles. The van der Waals surface area contributed by atoms with Gasteiger partial charge in [-0.25, -0.2) is 9.67 Å². The topological polar surface area (TPSA) is 92.0 Å². The van der Waals surface area contributed by atoms with Crippen LogP contribution in [0.2, 0.25) is 0 Å². The third-order valence-electron chi connectivity index (χ3n) is 3.22. The predicted octanol–water partition coefficient (Wildman–Crippen LogP) is 1.66. The Morgan fingerprint density at radius 2 is 2.09 bits per heavy atom. The molecule has 0 amide bonds. The molecule has 2 aromatic heterocycles. The summed E-state index contributed by atoms with van der Waals surface area (Å²) >= 11 is 0. The highest BCUT2D eigenvalue weighted by Crippen LogP contribution is 2.13. The largest absolute Gasteiger partial charge is 0.487 e. The Morgan fingerprint density at radius 1 is 1.27 bits per heavy atom. The number of nitrogens with two attached hydrogens (primary N) is 1. The van der Waals surface area contributed by atoms with E-state index < -0.39 is 0 Å². The molecule has 0 aliphatic rings. The van der Waals surface area contributed by atoms with E-state index in [1.807, 2.05) is 37.4 Å². The van der Waals surface area contributed by atoms with E-state index in [9.17, 15) is 0 Å². The van der Waals surface area contributed by atoms with Crippen molar-refractivity contribution in [3.8, 4) is 5.75 Å². The lowest BCUT2D eigenvalue weighted by molar-refractivity contribution is 0.301. The maximum Gasteiger partial charge on any atom is 0.181 e. The molecule has 0 saturated carbocycles. The van der Waals surface area contributed by atoms with E-state index in [0.29, 0.717) is 25.5 Å². The average Bonchev–Trinajstić information content (AvgIpc) is 3.16. The molecule has 2 N–H and O–H groups in total. The van der Waals surface area contributed by atoms with Crippen LogP contribution in [0, 0.1) is 6.92 Å². The van der Waals surface area contributed by atoms with Crippen LogP contribution in [0.15, 0.2) is 41.3 Å². The number of aromatic nitrogens is 4. The summed E-state index contributed by atoms with van der Waals surface area (Å²) in [6.07, 6.45) is 3.21. The Kier molecular flexibility index (Phi) is 4.15. The SMILES string of the molecule is Cc1ccc(OCc2cn(Cc3ncoc3CN)nn2)cc1. The van der Waals surface area contributed by atoms with Crippen molar-refractivity contribution in [2.45, 2.75) is 26.6 Å². The van der Waals surface area contributed by atoms with Crippen LogP contribution in [0.25, 0.3) is 0 Å². The van der Waals surface area contributed by atoms with Gasteiger partial charge in [0.25, 0.3) is 0 Å². The maximum atomic E-state index is 5.67. The molecule has 3 rings (SSSR count). The molecule has 0 bridgehead atoms. The zero-order valence-electron chi connectivity index (χ0n) is 12.3. The second kappa shape index (κ2) is 6.40. The van der Waals surface area contributed by atoms with Crippen LogP contribution >= 0.6 is 0 Å². The fraction of sp³-hybridized carbons (Fsp3) is 0.267. The van der Waals surface area contributed by atoms with E-state index in [1.165, 1.54) is 12.0 Å². The molecule has 0 unspecified atom stereocenters. The monoisotopic (exact) mass is 299 g/mol. The molecule has 1 aromatic carbocycles. The summed E-state index contributed by atoms with van der Waals surface area (Å²) in [7, 11) is 0. The Bertz CT molecular complexity index is 732. The van der Waals surface area contributed by atoms with Gasteiger partial charge < -0.3 is 14.9 Å². The minimum absolute atomic E-state index is 0.313. The van der Waals surface area contributed by atoms with Gasteiger partial charge in [-0.3, -0.25) is 0 Å². The number of nitrogens with zero attached hydrogens (tertiary/aromatic N) is 4. The highest BCUT2D eigenvalue weighted by molar-refractivity contribution is 5.26. The average molecular weight is 299 g/mol. The molecule has 0 atom stereocenters. The van der Waals surface area contributed by atoms with Gasteiger partial charge in [0.05, 0.1) is 19.3 Å². The third kappa shape index (κ3) is 3.32. The zero-order chi connectivity index (χ0) is 15.4. The van der Waals surface area contributed by atoms with E-state index in [-0.39, 0.29) is 0 Å². The van der Waals surface area contributed by atoms with E-state index in [2.05, 4.69) is 15.3 Å². The minimum Gasteiger partial charge on any atom is -0.487 e. The molecule has 2 heterocycles. The number of aryl methyl sites for hydroxylation is 1. The predicted molar refractivity (Wildman–Crippen MR) is 79.0 cm³/mol. The van der Waals surface area contributed by atoms with Crippen molar-refractivity contribution in [2.24, 2.45) is 5.73 Å². The van der Waals surface area contributed by atoms with Gasteiger partial charge in [0.2, 0.25) is 0 Å². The summed E-state index contributed by atoms with van der Waals surface area (Å²) in [6, 6.07) is 7.88. The van der Waals surface area contributed by atoms with Gasteiger partial charge in [-0.15, -0.1) is 5.10 Å². The van der Waals surface area contributed by atoms with Gasteiger partial charge in [-0.1, -0.05) is 22.9 Å². The molecule has 0 fully saturated rings. The Balaban J connectivity index is 1.60. The number of benzene rings is 1. The first-order valence-corrected chi connectivity index (χ1v) is 6.94. The summed E-state index contributed by atoms with van der Waals surface area (Å²) in [4.78, 5) is 4.13. The first kappa shape index (κ1) is 14.3. The molecule has 0 saturated heterocycles. The number of hydrogen-bond acceptors (Lipinski definition) is 6. The van der Waals surface area contributed by atoms with E-state index in [4.69, 9.17) is 14.9 Å². The standard InChI is InChI=1S/C15H17N5O2/c1-11-2-4-13(5-3-11)21-9-12-7-20(19-18-12)8-14-15(6-16)22-10-17-14/h2-5,7,10H,6,8-9,16H2,1H3. The highest BCUT2D eigenvalue weighted by Gasteiger charge is 2.09. The molecule has 3 aromatic rings. The maximum absolute atomic E-state index is 5.67. The van der Waals surface area contributed by atoms with Gasteiger partial charge in [0.15, 0.2) is 6.39 Å². The Labute approximate surface area is 127 Å². The fourth-order valence-corrected chi connectivity index (χ4v) is 2.02. The summed E-state index contributed by atoms with van der Waals surface area (Å²) < 4.78 is 12.5. The first-order valence-electron chi connectivity index (χ1n) is 6.94. The lowest BCUT2D eigenvalue weighted by Crippen LogP contribution is -2.06. The normalized spacial score (nSPS) is 10.8. The van der Waals surface area contributed by atoms with E-state index in [1.54, 1.807) is 4.68 Å². The number of oxazole rings is 1. The molecule has 22 heavy (non-hydrogen) atoms. The van der Waals surface area contributed by atoms with Crippen LogP contribution in [0.3, 0.4) is 0 Å². The highest BCUT2D eigenvalue weighted by atomic mass is 16.5. The molecule has 0 aliphatic heterocycles. The number of ether oxygens (including phenoxy) is 1. The summed E-state index contributed by atoms with van der Waals surface area (Å²) in [5.41, 5.74) is 8.28. The lowest BCUT2D eigenvalue weighted by atomic mass is 10.2. The van der Waals surface area contributed by atoms with Crippen molar-refractivity contribution in [3.63, 3.8) is 0 Å². The quantitative estimate of drug-likeness (QED) is 0.744. The van der Waals surface area contributed by atoms with Crippen LogP contribution in [-0.2, 0) is 19.7 Å². The number of rotatable bonds is 6. The molecular weight excluding hydrogens is 282 g/mol. The molecular formula is C15H17N5O2. The molecule has 7 heteroatoms. The van der Waals surface area contributed by atoms with Gasteiger partial charge in [-0.05, 0) is 19.1 Å². The van der Waals surface area contributed by atoms with Crippen molar-refractivity contribution in [1.29, 1.82) is 0 Å². The van der Waals surface area contributed by atoms with Crippen LogP contribution in [0.4, 0.5) is 0 Å². The lowest BCUT2D eigenvalue weighted by Gasteiger charge is -2.03. The van der Waals surface area contributed by atoms with Gasteiger partial charge in [-0.2, -0.15) is 0 Å². The minimum atomic E-state index is 0.313.